The third-order valence-corrected chi connectivity index (χ3v) is 3.99. The van der Waals surface area contributed by atoms with Crippen molar-refractivity contribution in [2.24, 2.45) is 11.7 Å². The van der Waals surface area contributed by atoms with Crippen molar-refractivity contribution >= 4 is 11.6 Å². The summed E-state index contributed by atoms with van der Waals surface area (Å²) in [5.41, 5.74) is 8.11. The Balaban J connectivity index is 2.38. The minimum absolute atomic E-state index is 0.0110. The maximum atomic E-state index is 12.5. The first-order valence-corrected chi connectivity index (χ1v) is 7.87. The highest BCUT2D eigenvalue weighted by atomic mass is 16.5. The lowest BCUT2D eigenvalue weighted by Crippen LogP contribution is -2.48. The molecule has 21 heavy (non-hydrogen) atoms. The predicted molar refractivity (Wildman–Crippen MR) is 85.6 cm³/mol. The molecule has 2 N–H and O–H groups in total. The normalized spacial score (nSPS) is 19.4. The molecule has 0 saturated carbocycles. The average molecular weight is 290 g/mol. The average Bonchev–Trinajstić information content (AvgIpc) is 2.46. The Bertz CT molecular complexity index is 514. The van der Waals surface area contributed by atoms with Crippen LogP contribution in [0.15, 0.2) is 18.2 Å². The number of anilines is 1. The van der Waals surface area contributed by atoms with Crippen LogP contribution in [0.3, 0.4) is 0 Å². The summed E-state index contributed by atoms with van der Waals surface area (Å²) < 4.78 is 5.90. The zero-order valence-corrected chi connectivity index (χ0v) is 13.4. The van der Waals surface area contributed by atoms with Crippen LogP contribution in [-0.4, -0.2) is 18.6 Å². The quantitative estimate of drug-likeness (QED) is 0.905. The number of hydrogen-bond acceptors (Lipinski definition) is 3. The number of nitrogens with two attached hydrogens (primary N) is 1. The molecule has 2 unspecified atom stereocenters. The molecule has 4 heteroatoms. The van der Waals surface area contributed by atoms with Gasteiger partial charge in [-0.05, 0) is 37.0 Å². The van der Waals surface area contributed by atoms with Crippen LogP contribution in [0, 0.1) is 5.92 Å². The second-order valence-corrected chi connectivity index (χ2v) is 5.99. The smallest absolute Gasteiger partial charge is 0.268 e. The van der Waals surface area contributed by atoms with E-state index in [9.17, 15) is 4.79 Å². The number of likely N-dealkylation sites (N-methyl/N-ethyl adjacent to an activating group) is 1. The van der Waals surface area contributed by atoms with Crippen LogP contribution in [0.1, 0.15) is 52.1 Å². The molecule has 1 heterocycles. The van der Waals surface area contributed by atoms with Crippen LogP contribution in [0.25, 0.3) is 0 Å². The summed E-state index contributed by atoms with van der Waals surface area (Å²) >= 11 is 0. The first kappa shape index (κ1) is 15.8. The second kappa shape index (κ2) is 6.48. The molecule has 2 rings (SSSR count). The summed E-state index contributed by atoms with van der Waals surface area (Å²) in [6.45, 7) is 8.77. The molecule has 1 amide bonds. The zero-order chi connectivity index (χ0) is 15.6. The summed E-state index contributed by atoms with van der Waals surface area (Å²) in [6.07, 6.45) is 1.59. The molecule has 0 aliphatic carbocycles. The van der Waals surface area contributed by atoms with Crippen LogP contribution in [0.2, 0.25) is 0 Å². The maximum Gasteiger partial charge on any atom is 0.268 e. The first-order valence-electron chi connectivity index (χ1n) is 7.87. The summed E-state index contributed by atoms with van der Waals surface area (Å²) in [5, 5.41) is 0. The third kappa shape index (κ3) is 3.05. The van der Waals surface area contributed by atoms with Gasteiger partial charge in [0, 0.05) is 12.6 Å². The van der Waals surface area contributed by atoms with E-state index in [0.717, 1.165) is 29.8 Å². The van der Waals surface area contributed by atoms with Crippen LogP contribution < -0.4 is 15.4 Å². The largest absolute Gasteiger partial charge is 0.478 e. The third-order valence-electron chi connectivity index (χ3n) is 3.99. The van der Waals surface area contributed by atoms with Crippen LogP contribution in [-0.2, 0) is 4.79 Å². The van der Waals surface area contributed by atoms with Crippen molar-refractivity contribution in [3.8, 4) is 5.75 Å². The van der Waals surface area contributed by atoms with E-state index in [-0.39, 0.29) is 17.9 Å². The molecule has 0 bridgehead atoms. The van der Waals surface area contributed by atoms with Gasteiger partial charge < -0.3 is 15.4 Å². The fourth-order valence-electron chi connectivity index (χ4n) is 2.76. The molecule has 1 aliphatic heterocycles. The van der Waals surface area contributed by atoms with Gasteiger partial charge in [0.1, 0.15) is 5.75 Å². The van der Waals surface area contributed by atoms with Crippen LogP contribution in [0.5, 0.6) is 5.75 Å². The molecule has 1 aromatic rings. The zero-order valence-electron chi connectivity index (χ0n) is 13.4. The molecule has 116 valence electrons. The molecule has 2 atom stereocenters. The van der Waals surface area contributed by atoms with Crippen molar-refractivity contribution < 1.29 is 9.53 Å². The van der Waals surface area contributed by atoms with E-state index in [4.69, 9.17) is 10.5 Å². The number of benzene rings is 1. The Morgan fingerprint density at radius 2 is 2.05 bits per heavy atom. The van der Waals surface area contributed by atoms with Gasteiger partial charge in [0.2, 0.25) is 0 Å². The van der Waals surface area contributed by atoms with Gasteiger partial charge >= 0.3 is 0 Å². The molecule has 4 nitrogen and oxygen atoms in total. The second-order valence-electron chi connectivity index (χ2n) is 5.99. The van der Waals surface area contributed by atoms with Gasteiger partial charge in [-0.25, -0.2) is 0 Å². The summed E-state index contributed by atoms with van der Waals surface area (Å²) in [6, 6.07) is 5.98. The van der Waals surface area contributed by atoms with Gasteiger partial charge in [-0.15, -0.1) is 0 Å². The highest BCUT2D eigenvalue weighted by Crippen LogP contribution is 2.37. The summed E-state index contributed by atoms with van der Waals surface area (Å²) in [5.74, 6) is 0.977. The number of rotatable bonds is 5. The number of fused-ring (bicyclic) bond motifs is 1. The van der Waals surface area contributed by atoms with E-state index >= 15 is 0 Å². The van der Waals surface area contributed by atoms with Gasteiger partial charge in [-0.2, -0.15) is 0 Å². The lowest BCUT2D eigenvalue weighted by atomic mass is 9.99. The minimum Gasteiger partial charge on any atom is -0.478 e. The topological polar surface area (TPSA) is 55.6 Å². The molecule has 1 aromatic carbocycles. The maximum absolute atomic E-state index is 12.5. The van der Waals surface area contributed by atoms with Crippen molar-refractivity contribution in [3.63, 3.8) is 0 Å². The summed E-state index contributed by atoms with van der Waals surface area (Å²) in [7, 11) is 0. The van der Waals surface area contributed by atoms with Crippen molar-refractivity contribution in [2.75, 3.05) is 11.4 Å². The fraction of sp³-hybridized carbons (Fsp3) is 0.588. The monoisotopic (exact) mass is 290 g/mol. The Hall–Kier alpha value is -1.55. The number of carbonyl (C=O) groups excluding carboxylic acids is 1. The Labute approximate surface area is 127 Å². The molecular weight excluding hydrogens is 264 g/mol. The van der Waals surface area contributed by atoms with Gasteiger partial charge in [0.25, 0.3) is 5.91 Å². The van der Waals surface area contributed by atoms with E-state index < -0.39 is 6.10 Å². The molecule has 0 spiro atoms. The molecule has 0 saturated heterocycles. The van der Waals surface area contributed by atoms with E-state index in [2.05, 4.69) is 6.92 Å². The van der Waals surface area contributed by atoms with Gasteiger partial charge in [-0.1, -0.05) is 33.3 Å². The first-order chi connectivity index (χ1) is 9.99. The molecule has 0 fully saturated rings. The highest BCUT2D eigenvalue weighted by molar-refractivity contribution is 6.00. The number of amides is 1. The molecule has 0 radical (unpaired) electrons. The van der Waals surface area contributed by atoms with Crippen LogP contribution >= 0.6 is 0 Å². The van der Waals surface area contributed by atoms with Crippen LogP contribution in [0.4, 0.5) is 5.69 Å². The Morgan fingerprint density at radius 1 is 1.33 bits per heavy atom. The number of hydrogen-bond donors (Lipinski definition) is 1. The molecular formula is C17H26N2O2. The van der Waals surface area contributed by atoms with E-state index in [1.165, 1.54) is 0 Å². The molecule has 0 aromatic heterocycles. The number of carbonyl (C=O) groups is 1. The minimum atomic E-state index is -0.396. The highest BCUT2D eigenvalue weighted by Gasteiger charge is 2.35. The van der Waals surface area contributed by atoms with Crippen molar-refractivity contribution in [1.29, 1.82) is 0 Å². The fourth-order valence-corrected chi connectivity index (χ4v) is 2.76. The number of ether oxygens (including phenoxy) is 1. The van der Waals surface area contributed by atoms with E-state index in [1.54, 1.807) is 0 Å². The number of nitrogens with zero attached hydrogens (tertiary/aromatic N) is 1. The SMILES string of the molecule is CCCC(N)c1ccc2c(c1)N(CC)C(=O)C(C(C)C)O2. The Kier molecular flexibility index (Phi) is 4.88. The van der Waals surface area contributed by atoms with E-state index in [1.807, 2.05) is 43.9 Å². The van der Waals surface area contributed by atoms with E-state index in [0.29, 0.717) is 6.54 Å². The lowest BCUT2D eigenvalue weighted by Gasteiger charge is -2.36. The Morgan fingerprint density at radius 3 is 2.62 bits per heavy atom. The standard InChI is InChI=1S/C17H26N2O2/c1-5-7-13(18)12-8-9-15-14(10-12)19(6-2)17(20)16(21-15)11(3)4/h8-11,13,16H,5-7,18H2,1-4H3. The molecule has 1 aliphatic rings. The predicted octanol–water partition coefficient (Wildman–Crippen LogP) is 3.26. The van der Waals surface area contributed by atoms with Crippen molar-refractivity contribution in [1.82, 2.24) is 0 Å². The summed E-state index contributed by atoms with van der Waals surface area (Å²) in [4.78, 5) is 14.3. The van der Waals surface area contributed by atoms with Gasteiger partial charge in [0.15, 0.2) is 6.10 Å². The van der Waals surface area contributed by atoms with Gasteiger partial charge in [-0.3, -0.25) is 4.79 Å². The lowest BCUT2D eigenvalue weighted by molar-refractivity contribution is -0.128. The van der Waals surface area contributed by atoms with Crippen molar-refractivity contribution in [2.45, 2.75) is 52.7 Å². The van der Waals surface area contributed by atoms with Gasteiger partial charge in [0.05, 0.1) is 5.69 Å². The van der Waals surface area contributed by atoms with Crippen molar-refractivity contribution in [3.05, 3.63) is 23.8 Å².